The van der Waals surface area contributed by atoms with E-state index in [1.54, 1.807) is 44.2 Å². The van der Waals surface area contributed by atoms with Crippen molar-refractivity contribution in [1.29, 1.82) is 0 Å². The summed E-state index contributed by atoms with van der Waals surface area (Å²) in [5.74, 6) is -0.625. The minimum Gasteiger partial charge on any atom is -0.366 e. The molecule has 0 saturated heterocycles. The van der Waals surface area contributed by atoms with E-state index in [1.165, 1.54) is 22.5 Å². The normalized spacial score (nSPS) is 26.2. The number of benzene rings is 2. The van der Waals surface area contributed by atoms with E-state index in [1.807, 2.05) is 0 Å². The highest BCUT2D eigenvalue weighted by Crippen LogP contribution is 2.71. The van der Waals surface area contributed by atoms with Crippen molar-refractivity contribution in [3.05, 3.63) is 64.7 Å². The van der Waals surface area contributed by atoms with Gasteiger partial charge in [0.05, 0.1) is 16.0 Å². The Morgan fingerprint density at radius 2 is 1.71 bits per heavy atom. The van der Waals surface area contributed by atoms with Crippen LogP contribution in [0.4, 0.5) is 13.2 Å². The van der Waals surface area contributed by atoms with E-state index in [-0.39, 0.29) is 35.6 Å². The number of Topliss-reactive ketones (excluding diaryl/α,β-unsaturated/α-hetero) is 1. The van der Waals surface area contributed by atoms with Crippen LogP contribution in [0.25, 0.3) is 0 Å². The van der Waals surface area contributed by atoms with Crippen LogP contribution in [0.15, 0.2) is 58.4 Å². The van der Waals surface area contributed by atoms with Crippen LogP contribution < -0.4 is 11.1 Å². The van der Waals surface area contributed by atoms with E-state index in [2.05, 4.69) is 10.3 Å². The van der Waals surface area contributed by atoms with Crippen LogP contribution in [0, 0.1) is 5.41 Å². The second kappa shape index (κ2) is 10.3. The summed E-state index contributed by atoms with van der Waals surface area (Å²) in [6.45, 7) is 3.61. The van der Waals surface area contributed by atoms with Crippen molar-refractivity contribution in [2.24, 2.45) is 16.1 Å². The molecule has 2 aromatic carbocycles. The second-order valence-electron chi connectivity index (χ2n) is 12.2. The molecule has 42 heavy (non-hydrogen) atoms. The van der Waals surface area contributed by atoms with Gasteiger partial charge in [-0.3, -0.25) is 14.6 Å². The Hall–Kier alpha value is -2.96. The molecule has 226 valence electrons. The van der Waals surface area contributed by atoms with Crippen molar-refractivity contribution >= 4 is 39.2 Å². The van der Waals surface area contributed by atoms with Gasteiger partial charge in [0.25, 0.3) is 0 Å². The number of sulfonamides is 1. The van der Waals surface area contributed by atoms with E-state index < -0.39 is 51.1 Å². The van der Waals surface area contributed by atoms with Gasteiger partial charge in [-0.15, -0.1) is 0 Å². The zero-order valence-electron chi connectivity index (χ0n) is 23.2. The van der Waals surface area contributed by atoms with Gasteiger partial charge in [-0.25, -0.2) is 8.42 Å². The molecule has 13 heteroatoms. The molecule has 4 aliphatic rings. The molecule has 3 aliphatic carbocycles. The van der Waals surface area contributed by atoms with Crippen LogP contribution in [-0.2, 0) is 21.4 Å². The van der Waals surface area contributed by atoms with Gasteiger partial charge in [-0.1, -0.05) is 35.9 Å². The van der Waals surface area contributed by atoms with Gasteiger partial charge in [-0.05, 0) is 69.4 Å². The number of nitrogens with two attached hydrogens (primary N) is 1. The molecule has 0 aromatic heterocycles. The quantitative estimate of drug-likeness (QED) is 0.364. The van der Waals surface area contributed by atoms with Crippen LogP contribution in [-0.4, -0.2) is 53.5 Å². The average molecular weight is 625 g/mol. The van der Waals surface area contributed by atoms with Crippen molar-refractivity contribution in [3.63, 3.8) is 0 Å². The molecule has 1 atom stereocenters. The predicted octanol–water partition coefficient (Wildman–Crippen LogP) is 5.00. The maximum Gasteiger partial charge on any atom is 0.389 e. The summed E-state index contributed by atoms with van der Waals surface area (Å²) in [5.41, 5.74) is 4.10. The highest BCUT2D eigenvalue weighted by molar-refractivity contribution is 7.89. The molecule has 3 N–H and O–H groups in total. The Bertz CT molecular complexity index is 1540. The van der Waals surface area contributed by atoms with Gasteiger partial charge in [0, 0.05) is 35.4 Å². The zero-order chi connectivity index (χ0) is 30.7. The minimum atomic E-state index is -4.32. The van der Waals surface area contributed by atoms with Gasteiger partial charge in [0.1, 0.15) is 11.9 Å². The first-order valence-corrected chi connectivity index (χ1v) is 15.4. The summed E-state index contributed by atoms with van der Waals surface area (Å²) >= 11 is 6.04. The number of hydrogen-bond donors (Lipinski definition) is 2. The summed E-state index contributed by atoms with van der Waals surface area (Å²) in [6.07, 6.45) is -4.57. The third-order valence-electron chi connectivity index (χ3n) is 8.56. The number of rotatable bonds is 11. The van der Waals surface area contributed by atoms with Gasteiger partial charge in [0.2, 0.25) is 15.9 Å². The van der Waals surface area contributed by atoms with Crippen molar-refractivity contribution < 1.29 is 31.2 Å². The van der Waals surface area contributed by atoms with Crippen LogP contribution in [0.5, 0.6) is 0 Å². The first-order valence-electron chi connectivity index (χ1n) is 13.6. The Labute approximate surface area is 247 Å². The lowest BCUT2D eigenvalue weighted by atomic mass is 9.38. The lowest BCUT2D eigenvalue weighted by Crippen LogP contribution is -2.78. The maximum absolute atomic E-state index is 14.2. The first kappa shape index (κ1) is 30.5. The molecule has 6 rings (SSSR count). The summed E-state index contributed by atoms with van der Waals surface area (Å²) in [6, 6.07) is 11.8. The largest absolute Gasteiger partial charge is 0.389 e. The molecule has 8 nitrogen and oxygen atoms in total. The highest BCUT2D eigenvalue weighted by Gasteiger charge is 2.75. The molecule has 2 bridgehead atoms. The average Bonchev–Trinajstić information content (AvgIpc) is 3.17. The summed E-state index contributed by atoms with van der Waals surface area (Å²) in [7, 11) is -4.19. The minimum absolute atomic E-state index is 0.0361. The Morgan fingerprint density at radius 3 is 2.31 bits per heavy atom. The lowest BCUT2D eigenvalue weighted by molar-refractivity contribution is -0.151. The number of amidine groups is 1. The highest BCUT2D eigenvalue weighted by atomic mass is 35.5. The molecule has 0 spiro atoms. The summed E-state index contributed by atoms with van der Waals surface area (Å²) < 4.78 is 67.5. The molecule has 1 amide bonds. The monoisotopic (exact) mass is 624 g/mol. The number of nitrogens with zero attached hydrogens (tertiary/aromatic N) is 2. The lowest BCUT2D eigenvalue weighted by Gasteiger charge is -2.73. The number of carbonyl (C=O) groups excluding carboxylic acids is 2. The van der Waals surface area contributed by atoms with E-state index in [4.69, 9.17) is 17.3 Å². The van der Waals surface area contributed by atoms with E-state index in [0.717, 1.165) is 0 Å². The van der Waals surface area contributed by atoms with Crippen molar-refractivity contribution in [1.82, 2.24) is 9.62 Å². The topological polar surface area (TPSA) is 122 Å². The van der Waals surface area contributed by atoms with Crippen LogP contribution in [0.2, 0.25) is 5.02 Å². The maximum atomic E-state index is 14.2. The number of alkyl halides is 3. The molecule has 3 saturated carbocycles. The Kier molecular flexibility index (Phi) is 7.51. The van der Waals surface area contributed by atoms with Crippen molar-refractivity contribution in [2.45, 2.75) is 87.1 Å². The molecule has 1 aliphatic heterocycles. The van der Waals surface area contributed by atoms with Crippen LogP contribution >= 0.6 is 11.6 Å². The number of nitrogens with one attached hydrogen (secondary N) is 1. The van der Waals surface area contributed by atoms with Crippen molar-refractivity contribution in [3.8, 4) is 0 Å². The third-order valence-corrected chi connectivity index (χ3v) is 10.8. The Morgan fingerprint density at radius 1 is 1.10 bits per heavy atom. The molecule has 2 aromatic rings. The SMILES string of the molecule is CC1(C)NC(C23CC(N(Cc4ccc(Cl)cc4)S(=O)(=O)c4ccccc4C(N)=O)(C2)C3)=N[C@H]1C(=O)CCCC(F)(F)F. The fraction of sp³-hybridized carbons (Fsp3) is 0.483. The zero-order valence-corrected chi connectivity index (χ0v) is 24.7. The van der Waals surface area contributed by atoms with E-state index in [9.17, 15) is 31.2 Å². The van der Waals surface area contributed by atoms with Gasteiger partial charge < -0.3 is 11.1 Å². The molecule has 3 fully saturated rings. The molecular weight excluding hydrogens is 593 g/mol. The smallest absolute Gasteiger partial charge is 0.366 e. The van der Waals surface area contributed by atoms with Crippen LogP contribution in [0.3, 0.4) is 0 Å². The predicted molar refractivity (Wildman–Crippen MR) is 152 cm³/mol. The van der Waals surface area contributed by atoms with Crippen molar-refractivity contribution in [2.75, 3.05) is 0 Å². The molecule has 0 radical (unpaired) electrons. The Balaban J connectivity index is 1.40. The summed E-state index contributed by atoms with van der Waals surface area (Å²) in [5, 5.41) is 3.82. The number of ketones is 1. The number of hydrogen-bond acceptors (Lipinski definition) is 6. The molecule has 0 unspecified atom stereocenters. The van der Waals surface area contributed by atoms with Gasteiger partial charge in [-0.2, -0.15) is 17.5 Å². The number of halogens is 4. The standard InChI is InChI=1S/C29H32ClF3N4O4S/c1-26(2)23(21(38)7-5-13-29(31,32)33)35-25(36-26)27-15-28(16-27,17-27)37(14-18-9-11-19(30)12-10-18)42(40,41)22-8-4-3-6-20(22)24(34)39/h3-4,6,8-12,23H,5,7,13-17H2,1-2H3,(H2,34,39)(H,35,36)/t23-,27?,28?/m0/s1. The number of carbonyl (C=O) groups is 2. The number of aliphatic imine (C=N–C) groups is 1. The third kappa shape index (κ3) is 5.44. The van der Waals surface area contributed by atoms with Gasteiger partial charge in [0.15, 0.2) is 5.78 Å². The number of amides is 1. The fourth-order valence-electron chi connectivity index (χ4n) is 6.57. The fourth-order valence-corrected chi connectivity index (χ4v) is 8.65. The molecule has 1 heterocycles. The first-order chi connectivity index (χ1) is 19.5. The second-order valence-corrected chi connectivity index (χ2v) is 14.5. The summed E-state index contributed by atoms with van der Waals surface area (Å²) in [4.78, 5) is 29.5. The van der Waals surface area contributed by atoms with E-state index in [0.29, 0.717) is 35.7 Å². The number of primary amides is 1. The van der Waals surface area contributed by atoms with Gasteiger partial charge >= 0.3 is 6.18 Å². The molecular formula is C29H32ClF3N4O4S. The van der Waals surface area contributed by atoms with Crippen LogP contribution in [0.1, 0.15) is 68.3 Å². The van der Waals surface area contributed by atoms with E-state index >= 15 is 0 Å².